The Morgan fingerprint density at radius 3 is 2.66 bits per heavy atom. The third kappa shape index (κ3) is 4.83. The van der Waals surface area contributed by atoms with E-state index < -0.39 is 0 Å². The Balaban J connectivity index is 1.19. The number of nitrogens with one attached hydrogen (secondary N) is 2. The first-order chi connectivity index (χ1) is 20.2. The van der Waals surface area contributed by atoms with E-state index in [1.165, 1.54) is 0 Å². The molecule has 7 nitrogen and oxygen atoms in total. The topological polar surface area (TPSA) is 75.1 Å². The van der Waals surface area contributed by atoms with Crippen molar-refractivity contribution in [3.63, 3.8) is 0 Å². The van der Waals surface area contributed by atoms with Crippen LogP contribution in [0.5, 0.6) is 0 Å². The SMILES string of the molecule is O=C(CCN1C(=S)N[C@@H](c2ccccn2)[C@@H]1c1cccn1-c1nc2ccccc2s1)Nc1cccc2ccccc12. The van der Waals surface area contributed by atoms with Crippen molar-refractivity contribution in [1.82, 2.24) is 24.8 Å². The molecule has 0 radical (unpaired) electrons. The van der Waals surface area contributed by atoms with E-state index >= 15 is 0 Å². The van der Waals surface area contributed by atoms with Gasteiger partial charge in [0.2, 0.25) is 5.91 Å². The Bertz CT molecular complexity index is 1840. The number of fused-ring (bicyclic) bond motifs is 2. The molecule has 202 valence electrons. The zero-order chi connectivity index (χ0) is 27.8. The van der Waals surface area contributed by atoms with E-state index in [4.69, 9.17) is 17.2 Å². The van der Waals surface area contributed by atoms with Crippen molar-refractivity contribution in [2.24, 2.45) is 0 Å². The fourth-order valence-electron chi connectivity index (χ4n) is 5.51. The van der Waals surface area contributed by atoms with Crippen LogP contribution in [0.1, 0.15) is 29.9 Å². The number of aromatic nitrogens is 3. The standard InChI is InChI=1S/C32H26N6OS2/c39-28(34-23-14-7-10-21-9-1-2-11-22(21)23)17-20-38-30(29(36-31(38)40)25-13-5-6-18-33-25)26-15-8-19-37(26)32-35-24-12-3-4-16-27(24)41-32/h1-16,18-19,29-30H,17,20H2,(H,34,39)(H,36,40)/t29-,30-/m0/s1. The molecule has 2 N–H and O–H groups in total. The lowest BCUT2D eigenvalue weighted by atomic mass is 10.0. The monoisotopic (exact) mass is 574 g/mol. The van der Waals surface area contributed by atoms with E-state index in [1.807, 2.05) is 91.1 Å². The highest BCUT2D eigenvalue weighted by atomic mass is 32.1. The second kappa shape index (κ2) is 10.8. The lowest BCUT2D eigenvalue weighted by Crippen LogP contribution is -2.33. The van der Waals surface area contributed by atoms with E-state index in [0.29, 0.717) is 11.7 Å². The van der Waals surface area contributed by atoms with Crippen LogP contribution in [0.4, 0.5) is 5.69 Å². The maximum atomic E-state index is 13.2. The molecule has 0 bridgehead atoms. The van der Waals surface area contributed by atoms with Gasteiger partial charge in [-0.1, -0.05) is 65.9 Å². The summed E-state index contributed by atoms with van der Waals surface area (Å²) in [5, 5.41) is 10.2. The Kier molecular flexibility index (Phi) is 6.66. The molecule has 1 amide bonds. The molecule has 7 rings (SSSR count). The Labute approximate surface area is 246 Å². The van der Waals surface area contributed by atoms with Gasteiger partial charge in [0.15, 0.2) is 10.2 Å². The molecule has 1 fully saturated rings. The number of thiazole rings is 1. The molecule has 3 aromatic carbocycles. The number of benzene rings is 3. The minimum atomic E-state index is -0.190. The van der Waals surface area contributed by atoms with Gasteiger partial charge in [0.25, 0.3) is 0 Å². The predicted molar refractivity (Wildman–Crippen MR) is 168 cm³/mol. The molecule has 0 spiro atoms. The summed E-state index contributed by atoms with van der Waals surface area (Å²) < 4.78 is 3.26. The minimum absolute atomic E-state index is 0.0641. The summed E-state index contributed by atoms with van der Waals surface area (Å²) in [5.41, 5.74) is 3.69. The Hall–Kier alpha value is -4.60. The molecule has 1 aliphatic heterocycles. The summed E-state index contributed by atoms with van der Waals surface area (Å²) in [6, 6.07) is 31.8. The number of carbonyl (C=O) groups is 1. The van der Waals surface area contributed by atoms with Gasteiger partial charge in [-0.15, -0.1) is 0 Å². The third-order valence-corrected chi connectivity index (χ3v) is 8.80. The number of para-hydroxylation sites is 1. The van der Waals surface area contributed by atoms with Crippen LogP contribution >= 0.6 is 23.6 Å². The molecule has 1 saturated heterocycles. The van der Waals surface area contributed by atoms with Crippen molar-refractivity contribution < 1.29 is 4.79 Å². The molecule has 0 saturated carbocycles. The molecule has 6 aromatic rings. The lowest BCUT2D eigenvalue weighted by Gasteiger charge is -2.28. The first-order valence-electron chi connectivity index (χ1n) is 13.4. The molecule has 41 heavy (non-hydrogen) atoms. The second-order valence-corrected chi connectivity index (χ2v) is 11.3. The van der Waals surface area contributed by atoms with Crippen LogP contribution in [0, 0.1) is 0 Å². The summed E-state index contributed by atoms with van der Waals surface area (Å²) in [6.07, 6.45) is 4.11. The molecule has 2 atom stereocenters. The van der Waals surface area contributed by atoms with Gasteiger partial charge in [-0.05, 0) is 60.1 Å². The van der Waals surface area contributed by atoms with Crippen LogP contribution in [0.2, 0.25) is 0 Å². The molecule has 3 aromatic heterocycles. The normalized spacial score (nSPS) is 16.8. The first kappa shape index (κ1) is 25.4. The molecular weight excluding hydrogens is 549 g/mol. The van der Waals surface area contributed by atoms with E-state index in [-0.39, 0.29) is 24.4 Å². The van der Waals surface area contributed by atoms with Gasteiger partial charge in [-0.25, -0.2) is 4.98 Å². The van der Waals surface area contributed by atoms with Crippen molar-refractivity contribution in [2.75, 3.05) is 11.9 Å². The highest BCUT2D eigenvalue weighted by molar-refractivity contribution is 7.80. The van der Waals surface area contributed by atoms with Crippen LogP contribution in [0.15, 0.2) is 109 Å². The maximum absolute atomic E-state index is 13.2. The van der Waals surface area contributed by atoms with Crippen LogP contribution in [0.25, 0.3) is 26.1 Å². The van der Waals surface area contributed by atoms with Gasteiger partial charge in [0.1, 0.15) is 0 Å². The van der Waals surface area contributed by atoms with Crippen molar-refractivity contribution in [1.29, 1.82) is 0 Å². The van der Waals surface area contributed by atoms with Crippen molar-refractivity contribution in [3.05, 3.63) is 121 Å². The molecule has 1 aliphatic rings. The Morgan fingerprint density at radius 1 is 0.951 bits per heavy atom. The summed E-state index contributed by atoms with van der Waals surface area (Å²) in [6.45, 7) is 0.446. The number of nitrogens with zero attached hydrogens (tertiary/aromatic N) is 4. The lowest BCUT2D eigenvalue weighted by molar-refractivity contribution is -0.116. The van der Waals surface area contributed by atoms with Gasteiger partial charge < -0.3 is 15.5 Å². The second-order valence-electron chi connectivity index (χ2n) is 9.91. The number of anilines is 1. The minimum Gasteiger partial charge on any atom is -0.352 e. The number of pyridine rings is 1. The first-order valence-corrected chi connectivity index (χ1v) is 14.7. The van der Waals surface area contributed by atoms with Gasteiger partial charge >= 0.3 is 0 Å². The van der Waals surface area contributed by atoms with Gasteiger partial charge in [-0.2, -0.15) is 0 Å². The number of hydrogen-bond acceptors (Lipinski definition) is 5. The summed E-state index contributed by atoms with van der Waals surface area (Å²) in [7, 11) is 0. The third-order valence-electron chi connectivity index (χ3n) is 7.41. The van der Waals surface area contributed by atoms with E-state index in [2.05, 4.69) is 37.2 Å². The van der Waals surface area contributed by atoms with Crippen LogP contribution in [-0.4, -0.2) is 37.0 Å². The smallest absolute Gasteiger partial charge is 0.226 e. The average molecular weight is 575 g/mol. The molecular formula is C32H26N6OS2. The number of hydrogen-bond donors (Lipinski definition) is 2. The molecule has 4 heterocycles. The van der Waals surface area contributed by atoms with E-state index in [9.17, 15) is 4.79 Å². The maximum Gasteiger partial charge on any atom is 0.226 e. The molecule has 9 heteroatoms. The summed E-state index contributed by atoms with van der Waals surface area (Å²) in [4.78, 5) is 24.9. The molecule has 0 unspecified atom stereocenters. The zero-order valence-electron chi connectivity index (χ0n) is 22.0. The van der Waals surface area contributed by atoms with Crippen LogP contribution in [0.3, 0.4) is 0 Å². The highest BCUT2D eigenvalue weighted by Gasteiger charge is 2.41. The summed E-state index contributed by atoms with van der Waals surface area (Å²) >= 11 is 7.51. The van der Waals surface area contributed by atoms with Crippen LogP contribution in [-0.2, 0) is 4.79 Å². The number of rotatable bonds is 7. The fraction of sp³-hybridized carbons (Fsp3) is 0.125. The Morgan fingerprint density at radius 2 is 1.78 bits per heavy atom. The van der Waals surface area contributed by atoms with Crippen molar-refractivity contribution >= 4 is 61.3 Å². The van der Waals surface area contributed by atoms with Crippen LogP contribution < -0.4 is 10.6 Å². The van der Waals surface area contributed by atoms with Crippen molar-refractivity contribution in [3.8, 4) is 5.13 Å². The van der Waals surface area contributed by atoms with Gasteiger partial charge in [-0.3, -0.25) is 14.3 Å². The number of amides is 1. The van der Waals surface area contributed by atoms with Crippen molar-refractivity contribution in [2.45, 2.75) is 18.5 Å². The van der Waals surface area contributed by atoms with Gasteiger partial charge in [0.05, 0.1) is 33.7 Å². The van der Waals surface area contributed by atoms with E-state index in [0.717, 1.165) is 43.2 Å². The highest BCUT2D eigenvalue weighted by Crippen LogP contribution is 2.40. The predicted octanol–water partition coefficient (Wildman–Crippen LogP) is 6.64. The number of thiocarbonyl (C=S) groups is 1. The summed E-state index contributed by atoms with van der Waals surface area (Å²) in [5.74, 6) is -0.0641. The average Bonchev–Trinajstić information content (AvgIpc) is 3.73. The largest absolute Gasteiger partial charge is 0.352 e. The van der Waals surface area contributed by atoms with Gasteiger partial charge in [0, 0.05) is 36.4 Å². The zero-order valence-corrected chi connectivity index (χ0v) is 23.6. The fourth-order valence-corrected chi connectivity index (χ4v) is 6.81. The van der Waals surface area contributed by atoms with E-state index in [1.54, 1.807) is 17.5 Å². The number of carbonyl (C=O) groups excluding carboxylic acids is 1. The quantitative estimate of drug-likeness (QED) is 0.208. The molecule has 0 aliphatic carbocycles.